The van der Waals surface area contributed by atoms with Gasteiger partial charge in [0.25, 0.3) is 0 Å². The van der Waals surface area contributed by atoms with Gasteiger partial charge in [0, 0.05) is 5.39 Å². The molecule has 0 amide bonds. The molecule has 0 atom stereocenters. The summed E-state index contributed by atoms with van der Waals surface area (Å²) in [5.74, 6) is 0.376. The summed E-state index contributed by atoms with van der Waals surface area (Å²) >= 11 is 0. The van der Waals surface area contributed by atoms with Crippen molar-refractivity contribution in [2.45, 2.75) is 12.8 Å². The number of benzene rings is 2. The van der Waals surface area contributed by atoms with Gasteiger partial charge in [-0.3, -0.25) is 0 Å². The number of ether oxygens (including phenoxy) is 2. The van der Waals surface area contributed by atoms with Crippen LogP contribution in [0.2, 0.25) is 0 Å². The van der Waals surface area contributed by atoms with E-state index in [1.165, 1.54) is 5.56 Å². The van der Waals surface area contributed by atoms with Crippen molar-refractivity contribution in [3.05, 3.63) is 71.9 Å². The minimum absolute atomic E-state index is 0.326. The minimum Gasteiger partial charge on any atom is -0.497 e. The van der Waals surface area contributed by atoms with Crippen LogP contribution in [0, 0.1) is 0 Å². The zero-order chi connectivity index (χ0) is 16.8. The largest absolute Gasteiger partial charge is 0.497 e. The SMILES string of the molecule is COc1ccc2nc(C(=O)OCCCc3ccccc3)ccc2c1. The molecular formula is C20H19NO3. The summed E-state index contributed by atoms with van der Waals surface area (Å²) in [6.07, 6.45) is 1.68. The normalized spacial score (nSPS) is 10.5. The van der Waals surface area contributed by atoms with Crippen molar-refractivity contribution in [1.82, 2.24) is 4.98 Å². The molecule has 0 unspecified atom stereocenters. The quantitative estimate of drug-likeness (QED) is 0.508. The van der Waals surface area contributed by atoms with E-state index in [0.717, 1.165) is 29.5 Å². The Labute approximate surface area is 141 Å². The van der Waals surface area contributed by atoms with E-state index in [2.05, 4.69) is 17.1 Å². The Kier molecular flexibility index (Phi) is 5.06. The average molecular weight is 321 g/mol. The second-order valence-corrected chi connectivity index (χ2v) is 5.48. The number of rotatable bonds is 6. The molecule has 4 heteroatoms. The molecule has 1 heterocycles. The Balaban J connectivity index is 1.57. The molecule has 0 aliphatic rings. The van der Waals surface area contributed by atoms with Gasteiger partial charge in [0.15, 0.2) is 0 Å². The molecule has 1 aromatic heterocycles. The lowest BCUT2D eigenvalue weighted by molar-refractivity contribution is 0.0494. The molecule has 122 valence electrons. The van der Waals surface area contributed by atoms with Crippen molar-refractivity contribution >= 4 is 16.9 Å². The molecule has 0 radical (unpaired) electrons. The molecular weight excluding hydrogens is 302 g/mol. The van der Waals surface area contributed by atoms with Gasteiger partial charge in [-0.15, -0.1) is 0 Å². The second kappa shape index (κ2) is 7.59. The summed E-state index contributed by atoms with van der Waals surface area (Å²) in [7, 11) is 1.62. The third kappa shape index (κ3) is 3.90. The number of carbonyl (C=O) groups is 1. The predicted octanol–water partition coefficient (Wildman–Crippen LogP) is 4.03. The molecule has 3 aromatic rings. The number of carbonyl (C=O) groups excluding carboxylic acids is 1. The highest BCUT2D eigenvalue weighted by Crippen LogP contribution is 2.19. The predicted molar refractivity (Wildman–Crippen MR) is 93.3 cm³/mol. The Morgan fingerprint density at radius 2 is 1.88 bits per heavy atom. The van der Waals surface area contributed by atoms with E-state index >= 15 is 0 Å². The van der Waals surface area contributed by atoms with Gasteiger partial charge in [0.05, 0.1) is 19.2 Å². The smallest absolute Gasteiger partial charge is 0.356 e. The van der Waals surface area contributed by atoms with Crippen LogP contribution in [0.5, 0.6) is 5.75 Å². The number of methoxy groups -OCH3 is 1. The lowest BCUT2D eigenvalue weighted by atomic mass is 10.1. The van der Waals surface area contributed by atoms with Crippen molar-refractivity contribution in [2.75, 3.05) is 13.7 Å². The van der Waals surface area contributed by atoms with E-state index in [9.17, 15) is 4.79 Å². The number of hydrogen-bond donors (Lipinski definition) is 0. The zero-order valence-corrected chi connectivity index (χ0v) is 13.6. The van der Waals surface area contributed by atoms with E-state index in [4.69, 9.17) is 9.47 Å². The molecule has 0 saturated heterocycles. The monoisotopic (exact) mass is 321 g/mol. The molecule has 4 nitrogen and oxygen atoms in total. The first-order valence-corrected chi connectivity index (χ1v) is 7.92. The van der Waals surface area contributed by atoms with Crippen LogP contribution in [0.3, 0.4) is 0 Å². The maximum Gasteiger partial charge on any atom is 0.356 e. The molecule has 0 spiro atoms. The number of pyridine rings is 1. The Morgan fingerprint density at radius 3 is 2.67 bits per heavy atom. The van der Waals surface area contributed by atoms with Gasteiger partial charge in [0.1, 0.15) is 11.4 Å². The molecule has 0 bridgehead atoms. The van der Waals surface area contributed by atoms with Crippen molar-refractivity contribution < 1.29 is 14.3 Å². The molecule has 0 aliphatic carbocycles. The molecule has 0 aliphatic heterocycles. The highest BCUT2D eigenvalue weighted by Gasteiger charge is 2.10. The summed E-state index contributed by atoms with van der Waals surface area (Å²) in [5, 5.41) is 0.926. The summed E-state index contributed by atoms with van der Waals surface area (Å²) in [6.45, 7) is 0.385. The first-order valence-electron chi connectivity index (χ1n) is 7.92. The number of aromatic nitrogens is 1. The minimum atomic E-state index is -0.388. The third-order valence-electron chi connectivity index (χ3n) is 3.79. The van der Waals surface area contributed by atoms with Crippen LogP contribution >= 0.6 is 0 Å². The van der Waals surface area contributed by atoms with Crippen molar-refractivity contribution in [1.29, 1.82) is 0 Å². The molecule has 0 fully saturated rings. The number of hydrogen-bond acceptors (Lipinski definition) is 4. The van der Waals surface area contributed by atoms with Crippen molar-refractivity contribution in [2.24, 2.45) is 0 Å². The van der Waals surface area contributed by atoms with Crippen LogP contribution in [0.4, 0.5) is 0 Å². The van der Waals surface area contributed by atoms with Crippen molar-refractivity contribution in [3.63, 3.8) is 0 Å². The van der Waals surface area contributed by atoms with Crippen LogP contribution in [0.15, 0.2) is 60.7 Å². The van der Waals surface area contributed by atoms with Crippen molar-refractivity contribution in [3.8, 4) is 5.75 Å². The number of nitrogens with zero attached hydrogens (tertiary/aromatic N) is 1. The van der Waals surface area contributed by atoms with Gasteiger partial charge >= 0.3 is 5.97 Å². The highest BCUT2D eigenvalue weighted by atomic mass is 16.5. The zero-order valence-electron chi connectivity index (χ0n) is 13.6. The van der Waals surface area contributed by atoms with E-state index in [0.29, 0.717) is 12.3 Å². The summed E-state index contributed by atoms with van der Waals surface area (Å²) < 4.78 is 10.5. The molecule has 24 heavy (non-hydrogen) atoms. The van der Waals surface area contributed by atoms with Crippen LogP contribution in [0.25, 0.3) is 10.9 Å². The van der Waals surface area contributed by atoms with E-state index in [-0.39, 0.29) is 5.97 Å². The Morgan fingerprint density at radius 1 is 1.04 bits per heavy atom. The molecule has 0 N–H and O–H groups in total. The van der Waals surface area contributed by atoms with E-state index < -0.39 is 0 Å². The number of aryl methyl sites for hydroxylation is 1. The van der Waals surface area contributed by atoms with Crippen LogP contribution in [0.1, 0.15) is 22.5 Å². The van der Waals surface area contributed by atoms with Gasteiger partial charge in [-0.1, -0.05) is 36.4 Å². The van der Waals surface area contributed by atoms with Crippen LogP contribution in [-0.2, 0) is 11.2 Å². The summed E-state index contributed by atoms with van der Waals surface area (Å²) in [4.78, 5) is 16.5. The fourth-order valence-electron chi connectivity index (χ4n) is 2.50. The third-order valence-corrected chi connectivity index (χ3v) is 3.79. The fraction of sp³-hybridized carbons (Fsp3) is 0.200. The molecule has 0 saturated carbocycles. The van der Waals surface area contributed by atoms with Crippen LogP contribution < -0.4 is 4.74 Å². The summed E-state index contributed by atoms with van der Waals surface area (Å²) in [6, 6.07) is 19.2. The molecule has 3 rings (SSSR count). The van der Waals surface area contributed by atoms with Crippen LogP contribution in [-0.4, -0.2) is 24.7 Å². The Hall–Kier alpha value is -2.88. The fourth-order valence-corrected chi connectivity index (χ4v) is 2.50. The Bertz CT molecular complexity index is 831. The number of fused-ring (bicyclic) bond motifs is 1. The maximum absolute atomic E-state index is 12.1. The van der Waals surface area contributed by atoms with Gasteiger partial charge in [-0.25, -0.2) is 9.78 Å². The van der Waals surface area contributed by atoms with Gasteiger partial charge < -0.3 is 9.47 Å². The first-order chi connectivity index (χ1) is 11.8. The number of esters is 1. The second-order valence-electron chi connectivity index (χ2n) is 5.48. The lowest BCUT2D eigenvalue weighted by Crippen LogP contribution is -2.09. The standard InChI is InChI=1S/C20H19NO3/c1-23-17-10-12-18-16(14-17)9-11-19(21-18)20(22)24-13-5-8-15-6-3-2-4-7-15/h2-4,6-7,9-12,14H,5,8,13H2,1H3. The van der Waals surface area contributed by atoms with E-state index in [1.54, 1.807) is 13.2 Å². The maximum atomic E-state index is 12.1. The lowest BCUT2D eigenvalue weighted by Gasteiger charge is -2.06. The highest BCUT2D eigenvalue weighted by molar-refractivity contribution is 5.91. The van der Waals surface area contributed by atoms with Gasteiger partial charge in [-0.2, -0.15) is 0 Å². The first kappa shape index (κ1) is 16.0. The topological polar surface area (TPSA) is 48.4 Å². The summed E-state index contributed by atoms with van der Waals surface area (Å²) in [5.41, 5.74) is 2.31. The average Bonchev–Trinajstić information content (AvgIpc) is 2.65. The molecule has 2 aromatic carbocycles. The van der Waals surface area contributed by atoms with E-state index in [1.807, 2.05) is 42.5 Å². The van der Waals surface area contributed by atoms with Gasteiger partial charge in [-0.05, 0) is 42.7 Å². The van der Waals surface area contributed by atoms with Gasteiger partial charge in [0.2, 0.25) is 0 Å².